The van der Waals surface area contributed by atoms with Gasteiger partial charge in [0, 0.05) is 45.3 Å². The van der Waals surface area contributed by atoms with Gasteiger partial charge in [0.15, 0.2) is 0 Å². The van der Waals surface area contributed by atoms with Gasteiger partial charge in [-0.25, -0.2) is 9.97 Å². The Bertz CT molecular complexity index is 548. The van der Waals surface area contributed by atoms with E-state index in [1.165, 1.54) is 19.2 Å². The van der Waals surface area contributed by atoms with Crippen LogP contribution in [0.25, 0.3) is 0 Å². The van der Waals surface area contributed by atoms with Gasteiger partial charge < -0.3 is 15.0 Å². The molecule has 1 atom stereocenters. The first-order chi connectivity index (χ1) is 11.7. The third-order valence-electron chi connectivity index (χ3n) is 4.68. The number of hydrogen-bond donors (Lipinski definition) is 1. The van der Waals surface area contributed by atoms with Crippen LogP contribution in [0.3, 0.4) is 0 Å². The number of carbonyl (C=O) groups is 1. The first kappa shape index (κ1) is 17.1. The van der Waals surface area contributed by atoms with Crippen LogP contribution in [0.4, 0.5) is 5.82 Å². The number of morpholine rings is 1. The molecule has 1 unspecified atom stereocenters. The molecule has 1 N–H and O–H groups in total. The summed E-state index contributed by atoms with van der Waals surface area (Å²) in [6, 6.07) is 1.81. The van der Waals surface area contributed by atoms with Crippen LogP contribution in [0.2, 0.25) is 0 Å². The molecule has 1 aromatic heterocycles. The number of amides is 1. The van der Waals surface area contributed by atoms with Gasteiger partial charge in [-0.1, -0.05) is 6.92 Å². The zero-order chi connectivity index (χ0) is 16.8. The van der Waals surface area contributed by atoms with Crippen LogP contribution in [0.5, 0.6) is 0 Å². The molecule has 0 aliphatic carbocycles. The maximum absolute atomic E-state index is 12.3. The summed E-state index contributed by atoms with van der Waals surface area (Å²) in [4.78, 5) is 25.4. The van der Waals surface area contributed by atoms with Crippen LogP contribution in [0, 0.1) is 5.92 Å². The molecule has 0 radical (unpaired) electrons. The van der Waals surface area contributed by atoms with Gasteiger partial charge in [0.1, 0.15) is 17.8 Å². The quantitative estimate of drug-likeness (QED) is 0.858. The van der Waals surface area contributed by atoms with Crippen molar-refractivity contribution >= 4 is 11.7 Å². The van der Waals surface area contributed by atoms with E-state index in [2.05, 4.69) is 32.0 Å². The van der Waals surface area contributed by atoms with Gasteiger partial charge in [-0.3, -0.25) is 9.69 Å². The largest absolute Gasteiger partial charge is 0.379 e. The van der Waals surface area contributed by atoms with Gasteiger partial charge in [-0.2, -0.15) is 0 Å². The maximum atomic E-state index is 12.3. The van der Waals surface area contributed by atoms with E-state index in [1.54, 1.807) is 0 Å². The highest BCUT2D eigenvalue weighted by atomic mass is 16.5. The van der Waals surface area contributed by atoms with Crippen molar-refractivity contribution in [2.75, 3.05) is 57.4 Å². The molecule has 3 heterocycles. The summed E-state index contributed by atoms with van der Waals surface area (Å²) < 4.78 is 5.32. The molecule has 2 fully saturated rings. The van der Waals surface area contributed by atoms with E-state index in [1.807, 2.05) is 6.07 Å². The second kappa shape index (κ2) is 8.39. The number of carbonyl (C=O) groups excluding carboxylic acids is 1. The summed E-state index contributed by atoms with van der Waals surface area (Å²) in [6.07, 6.45) is 3.92. The number of nitrogens with one attached hydrogen (secondary N) is 1. The minimum absolute atomic E-state index is 0.128. The number of rotatable bonds is 5. The summed E-state index contributed by atoms with van der Waals surface area (Å²) in [7, 11) is 0. The Balaban J connectivity index is 1.52. The summed E-state index contributed by atoms with van der Waals surface area (Å²) in [5.41, 5.74) is 0.445. The fraction of sp³-hybridized carbons (Fsp3) is 0.706. The molecule has 2 saturated heterocycles. The van der Waals surface area contributed by atoms with E-state index >= 15 is 0 Å². The highest BCUT2D eigenvalue weighted by Gasteiger charge is 2.19. The molecule has 0 saturated carbocycles. The zero-order valence-electron chi connectivity index (χ0n) is 14.4. The van der Waals surface area contributed by atoms with E-state index in [0.717, 1.165) is 51.8 Å². The van der Waals surface area contributed by atoms with Gasteiger partial charge in [0.05, 0.1) is 13.2 Å². The number of ether oxygens (including phenoxy) is 1. The Morgan fingerprint density at radius 1 is 1.33 bits per heavy atom. The van der Waals surface area contributed by atoms with Crippen molar-refractivity contribution < 1.29 is 9.53 Å². The smallest absolute Gasteiger partial charge is 0.270 e. The van der Waals surface area contributed by atoms with Crippen molar-refractivity contribution in [3.63, 3.8) is 0 Å². The molecule has 1 amide bonds. The van der Waals surface area contributed by atoms with Crippen LogP contribution in [-0.4, -0.2) is 73.3 Å². The maximum Gasteiger partial charge on any atom is 0.270 e. The van der Waals surface area contributed by atoms with Crippen LogP contribution in [-0.2, 0) is 4.74 Å². The van der Waals surface area contributed by atoms with Gasteiger partial charge in [0.2, 0.25) is 0 Å². The predicted octanol–water partition coefficient (Wildman–Crippen LogP) is 0.775. The SMILES string of the molecule is CC1CCCN(c2cc(C(=O)NCCN3CCOCC3)ncn2)C1. The zero-order valence-corrected chi connectivity index (χ0v) is 14.4. The first-order valence-electron chi connectivity index (χ1n) is 8.87. The van der Waals surface area contributed by atoms with Crippen molar-refractivity contribution in [2.24, 2.45) is 5.92 Å². The average Bonchev–Trinajstić information content (AvgIpc) is 2.63. The summed E-state index contributed by atoms with van der Waals surface area (Å²) in [6.45, 7) is 9.13. The first-order valence-corrected chi connectivity index (χ1v) is 8.87. The molecule has 132 valence electrons. The lowest BCUT2D eigenvalue weighted by atomic mass is 10.0. The predicted molar refractivity (Wildman–Crippen MR) is 92.2 cm³/mol. The molecule has 0 spiro atoms. The Morgan fingerprint density at radius 2 is 2.17 bits per heavy atom. The lowest BCUT2D eigenvalue weighted by Crippen LogP contribution is -2.41. The van der Waals surface area contributed by atoms with E-state index in [4.69, 9.17) is 4.74 Å². The third kappa shape index (κ3) is 4.64. The molecular weight excluding hydrogens is 306 g/mol. The van der Waals surface area contributed by atoms with Gasteiger partial charge in [-0.05, 0) is 18.8 Å². The molecule has 2 aliphatic rings. The fourth-order valence-corrected chi connectivity index (χ4v) is 3.28. The molecule has 0 aromatic carbocycles. The monoisotopic (exact) mass is 333 g/mol. The lowest BCUT2D eigenvalue weighted by Gasteiger charge is -2.31. The Morgan fingerprint density at radius 3 is 2.96 bits per heavy atom. The summed E-state index contributed by atoms with van der Waals surface area (Å²) in [5, 5.41) is 2.95. The molecule has 7 heteroatoms. The van der Waals surface area contributed by atoms with Crippen molar-refractivity contribution in [2.45, 2.75) is 19.8 Å². The number of anilines is 1. The van der Waals surface area contributed by atoms with Crippen molar-refractivity contribution in [3.8, 4) is 0 Å². The van der Waals surface area contributed by atoms with Crippen LogP contribution < -0.4 is 10.2 Å². The summed E-state index contributed by atoms with van der Waals surface area (Å²) >= 11 is 0. The Kier molecular flexibility index (Phi) is 5.98. The van der Waals surface area contributed by atoms with E-state index in [0.29, 0.717) is 18.2 Å². The topological polar surface area (TPSA) is 70.6 Å². The van der Waals surface area contributed by atoms with Crippen LogP contribution >= 0.6 is 0 Å². The fourth-order valence-electron chi connectivity index (χ4n) is 3.28. The van der Waals surface area contributed by atoms with Crippen molar-refractivity contribution in [1.29, 1.82) is 0 Å². The highest BCUT2D eigenvalue weighted by Crippen LogP contribution is 2.21. The number of aromatic nitrogens is 2. The standard InChI is InChI=1S/C17H27N5O2/c1-14-3-2-5-22(12-14)16-11-15(19-13-20-16)17(23)18-4-6-21-7-9-24-10-8-21/h11,13-14H,2-10,12H2,1H3,(H,18,23). The molecule has 2 aliphatic heterocycles. The van der Waals surface area contributed by atoms with Crippen molar-refractivity contribution in [1.82, 2.24) is 20.2 Å². The minimum atomic E-state index is -0.128. The molecule has 1 aromatic rings. The van der Waals surface area contributed by atoms with Crippen LogP contribution in [0.1, 0.15) is 30.3 Å². The number of nitrogens with zero attached hydrogens (tertiary/aromatic N) is 4. The second-order valence-electron chi connectivity index (χ2n) is 6.66. The minimum Gasteiger partial charge on any atom is -0.379 e. The number of hydrogen-bond acceptors (Lipinski definition) is 6. The number of piperidine rings is 1. The third-order valence-corrected chi connectivity index (χ3v) is 4.68. The molecule has 0 bridgehead atoms. The van der Waals surface area contributed by atoms with E-state index in [9.17, 15) is 4.79 Å². The van der Waals surface area contributed by atoms with E-state index < -0.39 is 0 Å². The summed E-state index contributed by atoms with van der Waals surface area (Å²) in [5.74, 6) is 1.39. The van der Waals surface area contributed by atoms with Gasteiger partial charge in [-0.15, -0.1) is 0 Å². The second-order valence-corrected chi connectivity index (χ2v) is 6.66. The Hall–Kier alpha value is -1.73. The average molecular weight is 333 g/mol. The molecule has 7 nitrogen and oxygen atoms in total. The van der Waals surface area contributed by atoms with E-state index in [-0.39, 0.29) is 5.91 Å². The lowest BCUT2D eigenvalue weighted by molar-refractivity contribution is 0.0383. The molecular formula is C17H27N5O2. The van der Waals surface area contributed by atoms with Gasteiger partial charge in [0.25, 0.3) is 5.91 Å². The van der Waals surface area contributed by atoms with Crippen molar-refractivity contribution in [3.05, 3.63) is 18.1 Å². The highest BCUT2D eigenvalue weighted by molar-refractivity contribution is 5.92. The van der Waals surface area contributed by atoms with Gasteiger partial charge >= 0.3 is 0 Å². The normalized spacial score (nSPS) is 22.4. The molecule has 24 heavy (non-hydrogen) atoms. The Labute approximate surface area is 143 Å². The van der Waals surface area contributed by atoms with Crippen LogP contribution in [0.15, 0.2) is 12.4 Å². The molecule has 3 rings (SSSR count).